The predicted octanol–water partition coefficient (Wildman–Crippen LogP) is -2.32. The molecule has 0 aliphatic rings. The minimum absolute atomic E-state index is 1.07. The second-order valence-electron chi connectivity index (χ2n) is 4.50. The lowest BCUT2D eigenvalue weighted by molar-refractivity contribution is -0.176. The van der Waals surface area contributed by atoms with Gasteiger partial charge in [-0.05, 0) is 0 Å². The molecule has 0 saturated carbocycles. The van der Waals surface area contributed by atoms with Crippen LogP contribution in [0.15, 0.2) is 0 Å². The van der Waals surface area contributed by atoms with Crippen LogP contribution in [0, 0.1) is 0 Å². The van der Waals surface area contributed by atoms with Gasteiger partial charge < -0.3 is 35.0 Å². The average molecular weight is 366 g/mol. The van der Waals surface area contributed by atoms with Crippen LogP contribution in [0.3, 0.4) is 0 Å². The van der Waals surface area contributed by atoms with Gasteiger partial charge in [-0.1, -0.05) is 0 Å². The molecular weight excluding hydrogens is 352 g/mol. The van der Waals surface area contributed by atoms with Crippen LogP contribution in [-0.4, -0.2) is 79.7 Å². The molecule has 0 aromatic heterocycles. The van der Waals surface area contributed by atoms with Crippen molar-refractivity contribution in [2.45, 2.75) is 37.6 Å². The molecule has 25 heavy (non-hydrogen) atoms. The fraction of sp³-hybridized carbons (Fsp3) is 0.500. The number of hydrogen-bond acceptors (Lipinski definition) is 9. The second-order valence-corrected chi connectivity index (χ2v) is 4.50. The van der Waals surface area contributed by atoms with E-state index in [9.17, 15) is 33.9 Å². The number of carboxylic acid groups (broad SMARTS) is 4. The summed E-state index contributed by atoms with van der Waals surface area (Å²) in [4.78, 5) is 65.1. The lowest BCUT2D eigenvalue weighted by Gasteiger charge is -2.16. The summed E-state index contributed by atoms with van der Waals surface area (Å²) in [7, 11) is 0. The van der Waals surface area contributed by atoms with Crippen molar-refractivity contribution in [1.29, 1.82) is 0 Å². The van der Waals surface area contributed by atoms with Crippen molar-refractivity contribution in [3.05, 3.63) is 0 Å². The molecule has 13 heteroatoms. The number of aliphatic carboxylic acids is 4. The quantitative estimate of drug-likeness (QED) is 0.242. The number of carbonyl (C=O) groups is 6. The molecule has 0 aliphatic carbocycles. The van der Waals surface area contributed by atoms with Crippen LogP contribution in [0.2, 0.25) is 0 Å². The Labute approximate surface area is 138 Å². The van der Waals surface area contributed by atoms with E-state index in [0.29, 0.717) is 0 Å². The number of carbonyl (C=O) groups excluding carboxylic acids is 2. The number of rotatable bonds is 11. The fourth-order valence-electron chi connectivity index (χ4n) is 1.34. The first-order valence-electron chi connectivity index (χ1n) is 6.41. The van der Waals surface area contributed by atoms with Crippen LogP contribution in [0.4, 0.5) is 0 Å². The van der Waals surface area contributed by atoms with Gasteiger partial charge in [0.25, 0.3) is 0 Å². The van der Waals surface area contributed by atoms with E-state index in [1.165, 1.54) is 0 Å². The topological polar surface area (TPSA) is 222 Å². The zero-order chi connectivity index (χ0) is 19.7. The van der Waals surface area contributed by atoms with Crippen LogP contribution in [0.5, 0.6) is 0 Å². The molecule has 0 amide bonds. The Hall–Kier alpha value is -3.22. The molecule has 0 heterocycles. The highest BCUT2D eigenvalue weighted by Gasteiger charge is 2.31. The van der Waals surface area contributed by atoms with Gasteiger partial charge in [-0.15, -0.1) is 0 Å². The lowest BCUT2D eigenvalue weighted by Crippen LogP contribution is -2.36. The van der Waals surface area contributed by atoms with E-state index < -0.39 is 73.4 Å². The minimum Gasteiger partial charge on any atom is -0.481 e. The van der Waals surface area contributed by atoms with E-state index in [-0.39, 0.29) is 0 Å². The fourth-order valence-corrected chi connectivity index (χ4v) is 1.34. The first-order chi connectivity index (χ1) is 11.4. The van der Waals surface area contributed by atoms with Gasteiger partial charge in [0, 0.05) is 0 Å². The van der Waals surface area contributed by atoms with Gasteiger partial charge in [0.1, 0.15) is 0 Å². The maximum atomic E-state index is 11.4. The van der Waals surface area contributed by atoms with Crippen LogP contribution in [-0.2, 0) is 38.2 Å². The van der Waals surface area contributed by atoms with Gasteiger partial charge in [-0.25, -0.2) is 14.4 Å². The summed E-state index contributed by atoms with van der Waals surface area (Å²) in [5.74, 6) is -9.90. The van der Waals surface area contributed by atoms with Gasteiger partial charge in [0.2, 0.25) is 12.2 Å². The average Bonchev–Trinajstić information content (AvgIpc) is 2.44. The first kappa shape index (κ1) is 21.8. The van der Waals surface area contributed by atoms with Gasteiger partial charge in [-0.3, -0.25) is 14.4 Å². The van der Waals surface area contributed by atoms with Crippen molar-refractivity contribution in [2.24, 2.45) is 0 Å². The number of esters is 2. The summed E-state index contributed by atoms with van der Waals surface area (Å²) in [5, 5.41) is 43.6. The lowest BCUT2D eigenvalue weighted by atomic mass is 10.2. The van der Waals surface area contributed by atoms with Crippen LogP contribution in [0.1, 0.15) is 19.3 Å². The molecular formula is C12H14O13. The Morgan fingerprint density at radius 3 is 1.44 bits per heavy atom. The van der Waals surface area contributed by atoms with Crippen molar-refractivity contribution in [1.82, 2.24) is 0 Å². The highest BCUT2D eigenvalue weighted by Crippen LogP contribution is 2.07. The smallest absolute Gasteiger partial charge is 0.345 e. The van der Waals surface area contributed by atoms with Crippen molar-refractivity contribution in [3.8, 4) is 0 Å². The molecule has 0 spiro atoms. The number of aliphatic hydroxyl groups excluding tert-OH is 1. The van der Waals surface area contributed by atoms with E-state index in [2.05, 4.69) is 9.47 Å². The molecule has 13 nitrogen and oxygen atoms in total. The van der Waals surface area contributed by atoms with Crippen molar-refractivity contribution in [3.63, 3.8) is 0 Å². The summed E-state index contributed by atoms with van der Waals surface area (Å²) < 4.78 is 8.48. The Morgan fingerprint density at radius 1 is 0.680 bits per heavy atom. The summed E-state index contributed by atoms with van der Waals surface area (Å²) >= 11 is 0. The maximum absolute atomic E-state index is 11.4. The molecule has 5 N–H and O–H groups in total. The van der Waals surface area contributed by atoms with Crippen LogP contribution >= 0.6 is 0 Å². The molecule has 0 rings (SSSR count). The molecule has 0 aromatic carbocycles. The van der Waals surface area contributed by atoms with Crippen molar-refractivity contribution >= 4 is 35.8 Å². The molecule has 0 fully saturated rings. The zero-order valence-electron chi connectivity index (χ0n) is 12.4. The third kappa shape index (κ3) is 8.85. The molecule has 0 saturated heterocycles. The number of ether oxygens (including phenoxy) is 2. The van der Waals surface area contributed by atoms with Crippen LogP contribution in [0.25, 0.3) is 0 Å². The van der Waals surface area contributed by atoms with Crippen molar-refractivity contribution < 1.29 is 63.8 Å². The monoisotopic (exact) mass is 366 g/mol. The standard InChI is InChI=1S/C12H14O13/c13-4(12(23)25-6(11(21)22)3-8(16)17)1-9(18)24-5(10(19)20)2-7(14)15/h4-6,13H,1-3H2,(H,14,15)(H,16,17)(H,19,20)(H,21,22)/t4?,5-,6-/m0/s1. The van der Waals surface area contributed by atoms with Crippen LogP contribution < -0.4 is 0 Å². The molecule has 140 valence electrons. The molecule has 0 bridgehead atoms. The Balaban J connectivity index is 4.70. The third-order valence-electron chi connectivity index (χ3n) is 2.44. The molecule has 3 atom stereocenters. The Bertz CT molecular complexity index is 565. The summed E-state index contributed by atoms with van der Waals surface area (Å²) in [6.07, 6.45) is -9.79. The van der Waals surface area contributed by atoms with Gasteiger partial charge in [0.15, 0.2) is 6.10 Å². The molecule has 1 unspecified atom stereocenters. The first-order valence-corrected chi connectivity index (χ1v) is 6.41. The highest BCUT2D eigenvalue weighted by atomic mass is 16.6. The second kappa shape index (κ2) is 9.82. The largest absolute Gasteiger partial charge is 0.481 e. The molecule has 0 radical (unpaired) electrons. The van der Waals surface area contributed by atoms with E-state index in [0.717, 1.165) is 0 Å². The minimum atomic E-state index is -2.28. The Morgan fingerprint density at radius 2 is 1.08 bits per heavy atom. The number of carboxylic acids is 4. The zero-order valence-corrected chi connectivity index (χ0v) is 12.4. The van der Waals surface area contributed by atoms with Crippen molar-refractivity contribution in [2.75, 3.05) is 0 Å². The molecule has 0 aromatic rings. The van der Waals surface area contributed by atoms with E-state index in [4.69, 9.17) is 20.4 Å². The number of aliphatic hydroxyl groups is 1. The SMILES string of the molecule is O=C(O)C[C@H](OC(=O)CC(O)C(=O)O[C@@H](CC(=O)O)C(=O)O)C(=O)O. The maximum Gasteiger partial charge on any atom is 0.345 e. The highest BCUT2D eigenvalue weighted by molar-refractivity contribution is 5.87. The van der Waals surface area contributed by atoms with E-state index in [1.807, 2.05) is 0 Å². The van der Waals surface area contributed by atoms with Gasteiger partial charge >= 0.3 is 35.8 Å². The normalized spacial score (nSPS) is 13.8. The summed E-state index contributed by atoms with van der Waals surface area (Å²) in [6, 6.07) is 0. The van der Waals surface area contributed by atoms with Gasteiger partial charge in [-0.2, -0.15) is 0 Å². The van der Waals surface area contributed by atoms with Gasteiger partial charge in [0.05, 0.1) is 19.3 Å². The van der Waals surface area contributed by atoms with E-state index >= 15 is 0 Å². The summed E-state index contributed by atoms with van der Waals surface area (Å²) in [6.45, 7) is 0. The summed E-state index contributed by atoms with van der Waals surface area (Å²) in [5.41, 5.74) is 0. The molecule has 0 aliphatic heterocycles. The van der Waals surface area contributed by atoms with E-state index in [1.54, 1.807) is 0 Å². The Kier molecular flexibility index (Phi) is 8.55. The number of hydrogen-bond donors (Lipinski definition) is 5. The predicted molar refractivity (Wildman–Crippen MR) is 70.2 cm³/mol. The third-order valence-corrected chi connectivity index (χ3v) is 2.44.